The van der Waals surface area contributed by atoms with Gasteiger partial charge in [0.2, 0.25) is 0 Å². The number of nitrogens with one attached hydrogen (secondary N) is 1. The smallest absolute Gasteiger partial charge is 0.0854 e. The second-order valence-corrected chi connectivity index (χ2v) is 7.31. The van der Waals surface area contributed by atoms with E-state index in [4.69, 9.17) is 0 Å². The van der Waals surface area contributed by atoms with Crippen LogP contribution in [0.4, 0.5) is 0 Å². The summed E-state index contributed by atoms with van der Waals surface area (Å²) in [5, 5.41) is 3.54. The quantitative estimate of drug-likeness (QED) is 0.880. The van der Waals surface area contributed by atoms with E-state index in [1.165, 1.54) is 11.3 Å². The predicted octanol–water partition coefficient (Wildman–Crippen LogP) is 3.96. The van der Waals surface area contributed by atoms with Crippen molar-refractivity contribution in [2.24, 2.45) is 5.41 Å². The molecule has 1 heterocycles. The van der Waals surface area contributed by atoms with Gasteiger partial charge in [0.05, 0.1) is 12.1 Å². The summed E-state index contributed by atoms with van der Waals surface area (Å²) in [5.41, 5.74) is 3.84. The van der Waals surface area contributed by atoms with Gasteiger partial charge in [-0.1, -0.05) is 64.3 Å². The van der Waals surface area contributed by atoms with Gasteiger partial charge in [-0.2, -0.15) is 0 Å². The standard InChI is InChI=1S/C19H28N2/c1-14(12-17-10-8-7-9-11-17)20-18-15(2)21(16(18)3)13-19(4,5)6/h7-11,16,18,20H,1-2,12-13H2,3-6H3. The van der Waals surface area contributed by atoms with Crippen LogP contribution in [0.1, 0.15) is 33.3 Å². The minimum Gasteiger partial charge on any atom is -0.378 e. The largest absolute Gasteiger partial charge is 0.378 e. The van der Waals surface area contributed by atoms with Crippen LogP contribution in [0.3, 0.4) is 0 Å². The monoisotopic (exact) mass is 284 g/mol. The summed E-state index contributed by atoms with van der Waals surface area (Å²) in [4.78, 5) is 2.40. The van der Waals surface area contributed by atoms with Crippen LogP contribution in [0.2, 0.25) is 0 Å². The molecule has 0 bridgehead atoms. The molecular formula is C19H28N2. The summed E-state index contributed by atoms with van der Waals surface area (Å²) >= 11 is 0. The van der Waals surface area contributed by atoms with E-state index in [2.05, 4.69) is 75.3 Å². The van der Waals surface area contributed by atoms with Crippen LogP contribution in [0.25, 0.3) is 0 Å². The van der Waals surface area contributed by atoms with Crippen molar-refractivity contribution in [2.75, 3.05) is 6.54 Å². The van der Waals surface area contributed by atoms with Gasteiger partial charge in [0.15, 0.2) is 0 Å². The number of benzene rings is 1. The molecule has 21 heavy (non-hydrogen) atoms. The average molecular weight is 284 g/mol. The SMILES string of the molecule is C=C(Cc1ccccc1)NC1C(=C)N(CC(C)(C)C)C1C. The summed E-state index contributed by atoms with van der Waals surface area (Å²) < 4.78 is 0. The molecule has 1 saturated heterocycles. The van der Waals surface area contributed by atoms with Gasteiger partial charge < -0.3 is 10.2 Å². The van der Waals surface area contributed by atoms with Gasteiger partial charge in [-0.25, -0.2) is 0 Å². The molecule has 1 aliphatic heterocycles. The molecule has 1 aromatic carbocycles. The molecule has 2 nitrogen and oxygen atoms in total. The van der Waals surface area contributed by atoms with Crippen LogP contribution in [-0.4, -0.2) is 23.5 Å². The topological polar surface area (TPSA) is 15.3 Å². The maximum atomic E-state index is 4.24. The lowest BCUT2D eigenvalue weighted by Crippen LogP contribution is -2.63. The Kier molecular flexibility index (Phi) is 4.46. The van der Waals surface area contributed by atoms with Crippen LogP contribution in [0, 0.1) is 5.41 Å². The zero-order valence-electron chi connectivity index (χ0n) is 13.8. The third-order valence-corrected chi connectivity index (χ3v) is 3.97. The maximum absolute atomic E-state index is 4.24. The van der Waals surface area contributed by atoms with E-state index in [0.29, 0.717) is 17.5 Å². The molecule has 2 unspecified atom stereocenters. The Labute approximate surface area is 129 Å². The molecule has 0 saturated carbocycles. The maximum Gasteiger partial charge on any atom is 0.0854 e. The molecule has 1 fully saturated rings. The number of rotatable bonds is 5. The van der Waals surface area contributed by atoms with Crippen LogP contribution in [-0.2, 0) is 6.42 Å². The van der Waals surface area contributed by atoms with E-state index >= 15 is 0 Å². The molecule has 0 amide bonds. The highest BCUT2D eigenvalue weighted by atomic mass is 15.3. The Bertz CT molecular complexity index is 510. The number of hydrogen-bond acceptors (Lipinski definition) is 2. The molecule has 1 N–H and O–H groups in total. The highest BCUT2D eigenvalue weighted by Crippen LogP contribution is 2.32. The van der Waals surface area contributed by atoms with Crippen molar-refractivity contribution < 1.29 is 0 Å². The summed E-state index contributed by atoms with van der Waals surface area (Å²) in [6.45, 7) is 18.5. The summed E-state index contributed by atoms with van der Waals surface area (Å²) in [7, 11) is 0. The van der Waals surface area contributed by atoms with Gasteiger partial charge >= 0.3 is 0 Å². The van der Waals surface area contributed by atoms with Crippen LogP contribution in [0.5, 0.6) is 0 Å². The van der Waals surface area contributed by atoms with Crippen molar-refractivity contribution in [3.63, 3.8) is 0 Å². The fourth-order valence-corrected chi connectivity index (χ4v) is 2.89. The Morgan fingerprint density at radius 2 is 1.86 bits per heavy atom. The van der Waals surface area contributed by atoms with E-state index in [0.717, 1.165) is 18.7 Å². The van der Waals surface area contributed by atoms with Gasteiger partial charge in [-0.3, -0.25) is 0 Å². The number of likely N-dealkylation sites (tertiary alicyclic amines) is 1. The van der Waals surface area contributed by atoms with Crippen LogP contribution in [0.15, 0.2) is 54.9 Å². The number of nitrogens with zero attached hydrogens (tertiary/aromatic N) is 1. The van der Waals surface area contributed by atoms with Gasteiger partial charge in [-0.05, 0) is 17.9 Å². The van der Waals surface area contributed by atoms with Crippen molar-refractivity contribution in [1.82, 2.24) is 10.2 Å². The first-order valence-corrected chi connectivity index (χ1v) is 7.71. The molecule has 0 aromatic heterocycles. The van der Waals surface area contributed by atoms with Gasteiger partial charge in [0.25, 0.3) is 0 Å². The van der Waals surface area contributed by atoms with E-state index in [-0.39, 0.29) is 0 Å². The van der Waals surface area contributed by atoms with Gasteiger partial charge in [0.1, 0.15) is 0 Å². The minimum atomic E-state index is 0.295. The van der Waals surface area contributed by atoms with Gasteiger partial charge in [-0.15, -0.1) is 0 Å². The molecule has 114 valence electrons. The molecule has 2 heteroatoms. The first-order valence-electron chi connectivity index (χ1n) is 7.71. The van der Waals surface area contributed by atoms with E-state index in [9.17, 15) is 0 Å². The zero-order chi connectivity index (χ0) is 15.6. The fourth-order valence-electron chi connectivity index (χ4n) is 2.89. The fraction of sp³-hybridized carbons (Fsp3) is 0.474. The minimum absolute atomic E-state index is 0.295. The average Bonchev–Trinajstić information content (AvgIpc) is 2.42. The summed E-state index contributed by atoms with van der Waals surface area (Å²) in [6.07, 6.45) is 0.872. The lowest BCUT2D eigenvalue weighted by molar-refractivity contribution is 0.0878. The number of allylic oxidation sites excluding steroid dienone is 1. The summed E-state index contributed by atoms with van der Waals surface area (Å²) in [6, 6.07) is 11.2. The summed E-state index contributed by atoms with van der Waals surface area (Å²) in [5.74, 6) is 0. The third-order valence-electron chi connectivity index (χ3n) is 3.97. The van der Waals surface area contributed by atoms with E-state index in [1.54, 1.807) is 0 Å². The molecule has 1 aliphatic rings. The number of hydrogen-bond donors (Lipinski definition) is 1. The van der Waals surface area contributed by atoms with Crippen molar-refractivity contribution >= 4 is 0 Å². The third kappa shape index (κ3) is 3.90. The molecule has 0 radical (unpaired) electrons. The highest BCUT2D eigenvalue weighted by molar-refractivity contribution is 5.26. The van der Waals surface area contributed by atoms with Crippen molar-refractivity contribution in [1.29, 1.82) is 0 Å². The first-order chi connectivity index (χ1) is 9.78. The molecule has 2 rings (SSSR count). The van der Waals surface area contributed by atoms with Crippen molar-refractivity contribution in [3.05, 3.63) is 60.4 Å². The lowest BCUT2D eigenvalue weighted by atomic mass is 9.87. The Balaban J connectivity index is 1.87. The Hall–Kier alpha value is -1.70. The highest BCUT2D eigenvalue weighted by Gasteiger charge is 2.40. The Morgan fingerprint density at radius 3 is 2.38 bits per heavy atom. The van der Waals surface area contributed by atoms with Crippen molar-refractivity contribution in [3.8, 4) is 0 Å². The van der Waals surface area contributed by atoms with E-state index in [1.807, 2.05) is 6.07 Å². The normalized spacial score (nSPS) is 21.9. The lowest BCUT2D eigenvalue weighted by Gasteiger charge is -2.52. The predicted molar refractivity (Wildman–Crippen MR) is 91.0 cm³/mol. The second-order valence-electron chi connectivity index (χ2n) is 7.31. The van der Waals surface area contributed by atoms with Crippen LogP contribution >= 0.6 is 0 Å². The second kappa shape index (κ2) is 5.97. The molecule has 1 aromatic rings. The first kappa shape index (κ1) is 15.7. The molecule has 0 aliphatic carbocycles. The Morgan fingerprint density at radius 1 is 1.24 bits per heavy atom. The van der Waals surface area contributed by atoms with Crippen molar-refractivity contribution in [2.45, 2.75) is 46.2 Å². The van der Waals surface area contributed by atoms with Crippen LogP contribution < -0.4 is 5.32 Å². The van der Waals surface area contributed by atoms with E-state index < -0.39 is 0 Å². The zero-order valence-corrected chi connectivity index (χ0v) is 13.8. The molecule has 0 spiro atoms. The van der Waals surface area contributed by atoms with Gasteiger partial charge in [0, 0.05) is 24.4 Å². The molecular weight excluding hydrogens is 256 g/mol. The molecule has 2 atom stereocenters.